The molecule has 1 aliphatic rings. The first-order valence-corrected chi connectivity index (χ1v) is 6.41. The molecule has 0 unspecified atom stereocenters. The Morgan fingerprint density at radius 1 is 1.50 bits per heavy atom. The first kappa shape index (κ1) is 11.8. The van der Waals surface area contributed by atoms with E-state index in [1.54, 1.807) is 0 Å². The molecule has 0 amide bonds. The molecule has 5 heteroatoms. The van der Waals surface area contributed by atoms with Crippen LogP contribution in [0, 0.1) is 10.7 Å². The zero-order chi connectivity index (χ0) is 11.5. The Morgan fingerprint density at radius 3 is 2.88 bits per heavy atom. The summed E-state index contributed by atoms with van der Waals surface area (Å²) in [5.41, 5.74) is 0. The topological polar surface area (TPSA) is 42.8 Å². The van der Waals surface area contributed by atoms with Gasteiger partial charge in [-0.3, -0.25) is 5.10 Å². The smallest absolute Gasteiger partial charge is 0.195 e. The van der Waals surface area contributed by atoms with Crippen LogP contribution in [0.3, 0.4) is 0 Å². The number of rotatable bonds is 5. The molecule has 4 nitrogen and oxygen atoms in total. The molecule has 0 bridgehead atoms. The lowest BCUT2D eigenvalue weighted by molar-refractivity contribution is -0.0247. The van der Waals surface area contributed by atoms with Gasteiger partial charge in [0.2, 0.25) is 0 Å². The number of hydrogen-bond donors (Lipinski definition) is 1. The van der Waals surface area contributed by atoms with Gasteiger partial charge in [-0.25, -0.2) is 0 Å². The van der Waals surface area contributed by atoms with Gasteiger partial charge < -0.3 is 9.30 Å². The Labute approximate surface area is 101 Å². The molecule has 2 rings (SSSR count). The molecule has 0 aliphatic heterocycles. The summed E-state index contributed by atoms with van der Waals surface area (Å²) in [5, 5.41) is 7.15. The number of nitrogens with zero attached hydrogens (tertiary/aromatic N) is 2. The van der Waals surface area contributed by atoms with Crippen LogP contribution >= 0.6 is 12.2 Å². The van der Waals surface area contributed by atoms with Crippen LogP contribution in [0.25, 0.3) is 0 Å². The molecule has 16 heavy (non-hydrogen) atoms. The third kappa shape index (κ3) is 2.35. The fourth-order valence-electron chi connectivity index (χ4n) is 2.30. The fraction of sp³-hybridized carbons (Fsp3) is 0.818. The second-order valence-electron chi connectivity index (χ2n) is 4.31. The molecule has 1 saturated carbocycles. The summed E-state index contributed by atoms with van der Waals surface area (Å²) >= 11 is 5.16. The summed E-state index contributed by atoms with van der Waals surface area (Å²) < 4.78 is 8.36. The van der Waals surface area contributed by atoms with E-state index in [-0.39, 0.29) is 0 Å². The molecular formula is C11H19N3OS. The van der Waals surface area contributed by atoms with Crippen LogP contribution in [-0.2, 0) is 17.7 Å². The van der Waals surface area contributed by atoms with Crippen molar-refractivity contribution in [3.8, 4) is 0 Å². The highest BCUT2D eigenvalue weighted by atomic mass is 32.1. The predicted octanol–water partition coefficient (Wildman–Crippen LogP) is 2.32. The third-order valence-corrected chi connectivity index (χ3v) is 3.53. The quantitative estimate of drug-likeness (QED) is 0.804. The van der Waals surface area contributed by atoms with E-state index < -0.39 is 0 Å². The van der Waals surface area contributed by atoms with E-state index in [1.807, 2.05) is 0 Å². The van der Waals surface area contributed by atoms with Crippen molar-refractivity contribution in [3.05, 3.63) is 10.6 Å². The van der Waals surface area contributed by atoms with Crippen molar-refractivity contribution in [2.24, 2.45) is 5.92 Å². The van der Waals surface area contributed by atoms with Gasteiger partial charge >= 0.3 is 0 Å². The van der Waals surface area contributed by atoms with Gasteiger partial charge in [-0.05, 0) is 44.8 Å². The lowest BCUT2D eigenvalue weighted by Crippen LogP contribution is -2.33. The summed E-state index contributed by atoms with van der Waals surface area (Å²) in [7, 11) is 0. The van der Waals surface area contributed by atoms with E-state index in [9.17, 15) is 0 Å². The van der Waals surface area contributed by atoms with Gasteiger partial charge in [0.15, 0.2) is 4.77 Å². The molecule has 0 radical (unpaired) electrons. The van der Waals surface area contributed by atoms with Gasteiger partial charge in [0, 0.05) is 19.6 Å². The van der Waals surface area contributed by atoms with Crippen molar-refractivity contribution < 1.29 is 4.74 Å². The zero-order valence-electron chi connectivity index (χ0n) is 9.90. The van der Waals surface area contributed by atoms with Crippen molar-refractivity contribution in [1.29, 1.82) is 0 Å². The lowest BCUT2D eigenvalue weighted by atomic mass is 9.80. The molecule has 1 aromatic rings. The van der Waals surface area contributed by atoms with Gasteiger partial charge in [-0.1, -0.05) is 0 Å². The summed E-state index contributed by atoms with van der Waals surface area (Å²) in [6, 6.07) is 0. The minimum absolute atomic E-state index is 0.479. The SMILES string of the molecule is CCOC1CC(Cc2n[nH]c(=S)n2CC)C1. The molecule has 1 fully saturated rings. The van der Waals surface area contributed by atoms with Crippen LogP contribution in [-0.4, -0.2) is 27.5 Å². The number of aromatic amines is 1. The number of ether oxygens (including phenoxy) is 1. The standard InChI is InChI=1S/C11H19N3OS/c1-3-14-10(12-13-11(14)16)7-8-5-9(6-8)15-4-2/h8-9H,3-7H2,1-2H3,(H,13,16). The van der Waals surface area contributed by atoms with Gasteiger partial charge in [0.05, 0.1) is 6.10 Å². The van der Waals surface area contributed by atoms with Crippen molar-refractivity contribution >= 4 is 12.2 Å². The Morgan fingerprint density at radius 2 is 2.25 bits per heavy atom. The molecule has 0 atom stereocenters. The van der Waals surface area contributed by atoms with E-state index in [0.29, 0.717) is 12.0 Å². The van der Waals surface area contributed by atoms with Gasteiger partial charge in [0.1, 0.15) is 5.82 Å². The second-order valence-corrected chi connectivity index (χ2v) is 4.69. The number of H-pyrrole nitrogens is 1. The average molecular weight is 241 g/mol. The molecule has 0 aromatic carbocycles. The highest BCUT2D eigenvalue weighted by molar-refractivity contribution is 7.71. The highest BCUT2D eigenvalue weighted by Gasteiger charge is 2.30. The summed E-state index contributed by atoms with van der Waals surface area (Å²) in [6.07, 6.45) is 3.82. The molecule has 0 saturated heterocycles. The zero-order valence-corrected chi connectivity index (χ0v) is 10.7. The summed E-state index contributed by atoms with van der Waals surface area (Å²) in [5.74, 6) is 1.81. The maximum atomic E-state index is 5.55. The Kier molecular flexibility index (Phi) is 3.76. The van der Waals surface area contributed by atoms with Crippen LogP contribution in [0.1, 0.15) is 32.5 Å². The monoisotopic (exact) mass is 241 g/mol. The van der Waals surface area contributed by atoms with Crippen LogP contribution in [0.15, 0.2) is 0 Å². The summed E-state index contributed by atoms with van der Waals surface area (Å²) in [4.78, 5) is 0. The van der Waals surface area contributed by atoms with Gasteiger partial charge in [-0.15, -0.1) is 0 Å². The minimum atomic E-state index is 0.479. The van der Waals surface area contributed by atoms with Gasteiger partial charge in [0.25, 0.3) is 0 Å². The van der Waals surface area contributed by atoms with Crippen molar-refractivity contribution in [3.63, 3.8) is 0 Å². The van der Waals surface area contributed by atoms with E-state index >= 15 is 0 Å². The number of aromatic nitrogens is 3. The Balaban J connectivity index is 1.89. The maximum Gasteiger partial charge on any atom is 0.195 e. The Bertz CT molecular complexity index is 392. The van der Waals surface area contributed by atoms with E-state index in [1.165, 1.54) is 0 Å². The molecule has 1 aromatic heterocycles. The first-order valence-electron chi connectivity index (χ1n) is 6.00. The van der Waals surface area contributed by atoms with E-state index in [0.717, 1.165) is 43.0 Å². The normalized spacial score (nSPS) is 24.4. The molecule has 0 spiro atoms. The largest absolute Gasteiger partial charge is 0.378 e. The highest BCUT2D eigenvalue weighted by Crippen LogP contribution is 2.32. The third-order valence-electron chi connectivity index (χ3n) is 3.22. The molecular weight excluding hydrogens is 222 g/mol. The summed E-state index contributed by atoms with van der Waals surface area (Å²) in [6.45, 7) is 5.87. The number of nitrogens with one attached hydrogen (secondary N) is 1. The average Bonchev–Trinajstić information content (AvgIpc) is 2.56. The predicted molar refractivity (Wildman–Crippen MR) is 64.9 cm³/mol. The van der Waals surface area contributed by atoms with E-state index in [2.05, 4.69) is 28.6 Å². The Hall–Kier alpha value is -0.680. The van der Waals surface area contributed by atoms with Gasteiger partial charge in [-0.2, -0.15) is 5.10 Å². The molecule has 90 valence electrons. The van der Waals surface area contributed by atoms with Crippen molar-refractivity contribution in [2.75, 3.05) is 6.61 Å². The van der Waals surface area contributed by atoms with Crippen molar-refractivity contribution in [1.82, 2.24) is 14.8 Å². The maximum absolute atomic E-state index is 5.55. The molecule has 1 aliphatic carbocycles. The van der Waals surface area contributed by atoms with Crippen LogP contribution in [0.5, 0.6) is 0 Å². The minimum Gasteiger partial charge on any atom is -0.378 e. The van der Waals surface area contributed by atoms with Crippen molar-refractivity contribution in [2.45, 2.75) is 45.8 Å². The molecule has 1 N–H and O–H groups in total. The fourth-order valence-corrected chi connectivity index (χ4v) is 2.58. The lowest BCUT2D eigenvalue weighted by Gasteiger charge is -2.34. The second kappa shape index (κ2) is 5.10. The van der Waals surface area contributed by atoms with Crippen LogP contribution in [0.2, 0.25) is 0 Å². The van der Waals surface area contributed by atoms with E-state index in [4.69, 9.17) is 17.0 Å². The molecule has 1 heterocycles. The first-order chi connectivity index (χ1) is 7.74. The van der Waals surface area contributed by atoms with Crippen LogP contribution < -0.4 is 0 Å². The number of hydrogen-bond acceptors (Lipinski definition) is 3. The van der Waals surface area contributed by atoms with Crippen LogP contribution in [0.4, 0.5) is 0 Å².